The van der Waals surface area contributed by atoms with E-state index in [4.69, 9.17) is 4.98 Å². The molecule has 2 aromatic carbocycles. The van der Waals surface area contributed by atoms with Gasteiger partial charge >= 0.3 is 0 Å². The number of Topliss-reactive ketones (excluding diaryl/α,β-unsaturated/α-hetero) is 1. The van der Waals surface area contributed by atoms with Crippen LogP contribution in [0, 0.1) is 5.82 Å². The smallest absolute Gasteiger partial charge is 0.222 e. The lowest BCUT2D eigenvalue weighted by Crippen LogP contribution is -2.35. The van der Waals surface area contributed by atoms with E-state index in [1.165, 1.54) is 11.3 Å². The number of nitrogens with one attached hydrogen (secondary N) is 1. The number of ketones is 1. The van der Waals surface area contributed by atoms with Crippen molar-refractivity contribution < 1.29 is 14.0 Å². The fourth-order valence-electron chi connectivity index (χ4n) is 5.56. The van der Waals surface area contributed by atoms with Gasteiger partial charge in [0, 0.05) is 49.3 Å². The minimum atomic E-state index is -0.251. The Kier molecular flexibility index (Phi) is 6.78. The Bertz CT molecular complexity index is 1470. The lowest BCUT2D eigenvalue weighted by molar-refractivity contribution is -0.133. The van der Waals surface area contributed by atoms with Gasteiger partial charge in [-0.1, -0.05) is 17.4 Å². The molecular weight excluding hydrogens is 487 g/mol. The third kappa shape index (κ3) is 4.92. The molecule has 2 aliphatic heterocycles. The molecule has 6 rings (SSSR count). The van der Waals surface area contributed by atoms with E-state index in [-0.39, 0.29) is 23.5 Å². The van der Waals surface area contributed by atoms with Crippen molar-refractivity contribution in [3.05, 3.63) is 59.5 Å². The number of nitrogens with zero attached hydrogens (tertiary/aromatic N) is 3. The molecule has 0 bridgehead atoms. The molecule has 2 fully saturated rings. The van der Waals surface area contributed by atoms with Crippen LogP contribution in [0.15, 0.2) is 42.6 Å². The fourth-order valence-corrected chi connectivity index (χ4v) is 6.61. The first-order valence-corrected chi connectivity index (χ1v) is 14.1. The van der Waals surface area contributed by atoms with Gasteiger partial charge < -0.3 is 10.2 Å². The zero-order chi connectivity index (χ0) is 25.4. The Morgan fingerprint density at radius 2 is 2.05 bits per heavy atom. The van der Waals surface area contributed by atoms with Crippen LogP contribution < -0.4 is 5.32 Å². The number of hydrogen-bond acceptors (Lipinski definition) is 5. The van der Waals surface area contributed by atoms with Crippen molar-refractivity contribution in [2.45, 2.75) is 57.4 Å². The summed E-state index contributed by atoms with van der Waals surface area (Å²) in [6.07, 6.45) is 8.87. The van der Waals surface area contributed by atoms with Crippen LogP contribution in [0.4, 0.5) is 4.39 Å². The maximum atomic E-state index is 15.0. The topological polar surface area (TPSA) is 66.7 Å². The number of hydrogen-bond donors (Lipinski definition) is 1. The summed E-state index contributed by atoms with van der Waals surface area (Å²) in [5.41, 5.74) is 3.77. The second kappa shape index (κ2) is 10.3. The number of likely N-dealkylation sites (tertiary alicyclic amines) is 1. The quantitative estimate of drug-likeness (QED) is 0.225. The number of fused-ring (bicyclic) bond motifs is 3. The number of carbonyl (C=O) groups excluding carboxylic acids is 2. The molecule has 6 nitrogen and oxygen atoms in total. The minimum Gasteiger partial charge on any atom is -0.343 e. The molecular formula is C29H31FN4O2S. The van der Waals surface area contributed by atoms with Gasteiger partial charge in [-0.05, 0) is 81.0 Å². The van der Waals surface area contributed by atoms with Gasteiger partial charge in [0.15, 0.2) is 10.7 Å². The average molecular weight is 519 g/mol. The lowest BCUT2D eigenvalue weighted by Gasteiger charge is -2.26. The van der Waals surface area contributed by atoms with Gasteiger partial charge in [0.2, 0.25) is 5.91 Å². The largest absolute Gasteiger partial charge is 0.343 e. The summed E-state index contributed by atoms with van der Waals surface area (Å²) in [7, 11) is 0. The van der Waals surface area contributed by atoms with Gasteiger partial charge in [-0.3, -0.25) is 14.0 Å². The number of thiazole rings is 1. The average Bonchev–Trinajstić information content (AvgIpc) is 3.64. The zero-order valence-corrected chi connectivity index (χ0v) is 21.7. The summed E-state index contributed by atoms with van der Waals surface area (Å²) in [4.78, 5) is 32.2. The molecule has 2 aromatic heterocycles. The highest BCUT2D eigenvalue weighted by atomic mass is 32.1. The molecule has 1 amide bonds. The van der Waals surface area contributed by atoms with E-state index in [1.807, 2.05) is 45.8 Å². The Morgan fingerprint density at radius 1 is 1.14 bits per heavy atom. The third-order valence-electron chi connectivity index (χ3n) is 7.65. The highest BCUT2D eigenvalue weighted by molar-refractivity contribution is 7.23. The molecule has 192 valence electrons. The minimum absolute atomic E-state index is 0.123. The van der Waals surface area contributed by atoms with E-state index in [0.717, 1.165) is 78.9 Å². The van der Waals surface area contributed by atoms with Gasteiger partial charge in [-0.2, -0.15) is 0 Å². The number of benzene rings is 2. The van der Waals surface area contributed by atoms with Gasteiger partial charge in [-0.15, -0.1) is 0 Å². The van der Waals surface area contributed by atoms with Gasteiger partial charge in [0.25, 0.3) is 0 Å². The summed E-state index contributed by atoms with van der Waals surface area (Å²) >= 11 is 1.51. The molecule has 37 heavy (non-hydrogen) atoms. The van der Waals surface area contributed by atoms with Crippen LogP contribution in [0.2, 0.25) is 0 Å². The van der Waals surface area contributed by atoms with Crippen molar-refractivity contribution in [3.63, 3.8) is 0 Å². The normalized spacial score (nSPS) is 18.4. The van der Waals surface area contributed by atoms with E-state index < -0.39 is 0 Å². The summed E-state index contributed by atoms with van der Waals surface area (Å²) < 4.78 is 18.0. The first-order valence-electron chi connectivity index (χ1n) is 13.3. The van der Waals surface area contributed by atoms with Crippen LogP contribution in [-0.2, 0) is 4.79 Å². The molecule has 4 aromatic rings. The molecule has 0 aliphatic carbocycles. The maximum absolute atomic E-state index is 15.0. The Balaban J connectivity index is 1.13. The van der Waals surface area contributed by atoms with Crippen molar-refractivity contribution in [3.8, 4) is 11.3 Å². The Labute approximate surface area is 219 Å². The highest BCUT2D eigenvalue weighted by Crippen LogP contribution is 2.33. The van der Waals surface area contributed by atoms with Crippen LogP contribution in [0.5, 0.6) is 0 Å². The number of piperidine rings is 1. The van der Waals surface area contributed by atoms with Crippen LogP contribution in [0.1, 0.15) is 73.3 Å². The SMILES string of the molecule is O=C(CCCCN1CCCCC1=O)c1ccc2c(c1)sc1nc(-c3ccc([C@H]4CCCN4)cc3F)cn12. The molecule has 0 spiro atoms. The van der Waals surface area contributed by atoms with Crippen molar-refractivity contribution >= 4 is 38.2 Å². The number of carbonyl (C=O) groups is 2. The number of amides is 1. The number of unbranched alkanes of at least 4 members (excludes halogenated alkanes) is 1. The Morgan fingerprint density at radius 3 is 2.86 bits per heavy atom. The molecule has 0 unspecified atom stereocenters. The maximum Gasteiger partial charge on any atom is 0.222 e. The third-order valence-corrected chi connectivity index (χ3v) is 8.67. The molecule has 0 radical (unpaired) electrons. The second-order valence-electron chi connectivity index (χ2n) is 10.2. The summed E-state index contributed by atoms with van der Waals surface area (Å²) in [5, 5.41) is 3.42. The molecule has 4 heterocycles. The van der Waals surface area contributed by atoms with Crippen molar-refractivity contribution in [2.24, 2.45) is 0 Å². The van der Waals surface area contributed by atoms with Crippen LogP contribution in [-0.4, -0.2) is 45.6 Å². The van der Waals surface area contributed by atoms with E-state index in [1.54, 1.807) is 6.07 Å². The van der Waals surface area contributed by atoms with E-state index in [2.05, 4.69) is 5.32 Å². The van der Waals surface area contributed by atoms with E-state index in [9.17, 15) is 9.59 Å². The lowest BCUT2D eigenvalue weighted by atomic mass is 10.0. The van der Waals surface area contributed by atoms with Gasteiger partial charge in [0.05, 0.1) is 15.9 Å². The summed E-state index contributed by atoms with van der Waals surface area (Å²) in [6.45, 7) is 2.57. The Hall–Kier alpha value is -3.10. The van der Waals surface area contributed by atoms with Crippen molar-refractivity contribution in [1.29, 1.82) is 0 Å². The van der Waals surface area contributed by atoms with E-state index >= 15 is 4.39 Å². The van der Waals surface area contributed by atoms with Crippen molar-refractivity contribution in [2.75, 3.05) is 19.6 Å². The predicted molar refractivity (Wildman–Crippen MR) is 145 cm³/mol. The standard InChI is InChI=1S/C29H31FN4O2S/c30-22-16-19(23-6-5-13-31-23)9-11-21(22)24-18-34-25-12-10-20(17-27(25)37-29(34)32-24)26(35)7-1-3-14-33-15-4-2-8-28(33)36/h9-12,16-18,23,31H,1-8,13-15H2/t23-/m1/s1. The van der Waals surface area contributed by atoms with Crippen LogP contribution in [0.3, 0.4) is 0 Å². The number of aromatic nitrogens is 2. The molecule has 2 aliphatic rings. The monoisotopic (exact) mass is 518 g/mol. The number of imidazole rings is 1. The summed E-state index contributed by atoms with van der Waals surface area (Å²) in [6, 6.07) is 11.4. The second-order valence-corrected chi connectivity index (χ2v) is 11.2. The molecule has 1 atom stereocenters. The number of halogens is 1. The molecule has 0 saturated carbocycles. The van der Waals surface area contributed by atoms with Crippen molar-refractivity contribution in [1.82, 2.24) is 19.6 Å². The molecule has 8 heteroatoms. The highest BCUT2D eigenvalue weighted by Gasteiger charge is 2.20. The predicted octanol–water partition coefficient (Wildman–Crippen LogP) is 6.15. The zero-order valence-electron chi connectivity index (χ0n) is 20.8. The molecule has 1 N–H and O–H groups in total. The van der Waals surface area contributed by atoms with E-state index in [0.29, 0.717) is 29.7 Å². The first-order chi connectivity index (χ1) is 18.1. The van der Waals surface area contributed by atoms with Gasteiger partial charge in [-0.25, -0.2) is 9.37 Å². The van der Waals surface area contributed by atoms with Crippen LogP contribution in [0.25, 0.3) is 26.4 Å². The first kappa shape index (κ1) is 24.2. The number of rotatable bonds is 8. The van der Waals surface area contributed by atoms with Crippen LogP contribution >= 0.6 is 11.3 Å². The fraction of sp³-hybridized carbons (Fsp3) is 0.414. The van der Waals surface area contributed by atoms with Gasteiger partial charge in [0.1, 0.15) is 5.82 Å². The summed E-state index contributed by atoms with van der Waals surface area (Å²) in [5.74, 6) is 0.117. The molecule has 2 saturated heterocycles.